The first-order chi connectivity index (χ1) is 11.3. The molecule has 2 aromatic rings. The van der Waals surface area contributed by atoms with Crippen molar-refractivity contribution in [1.82, 2.24) is 14.8 Å². The second-order valence-corrected chi connectivity index (χ2v) is 7.69. The highest BCUT2D eigenvalue weighted by molar-refractivity contribution is 7.99. The molecule has 4 rings (SSSR count). The van der Waals surface area contributed by atoms with E-state index in [9.17, 15) is 4.79 Å². The van der Waals surface area contributed by atoms with Crippen LogP contribution in [0.15, 0.2) is 16.6 Å². The summed E-state index contributed by atoms with van der Waals surface area (Å²) in [4.78, 5) is 12.1. The van der Waals surface area contributed by atoms with Gasteiger partial charge < -0.3 is 9.88 Å². The van der Waals surface area contributed by atoms with E-state index in [0.717, 1.165) is 11.0 Å². The van der Waals surface area contributed by atoms with Crippen molar-refractivity contribution in [2.75, 3.05) is 11.1 Å². The van der Waals surface area contributed by atoms with E-state index < -0.39 is 0 Å². The Morgan fingerprint density at radius 2 is 2.26 bits per heavy atom. The molecule has 23 heavy (non-hydrogen) atoms. The maximum absolute atomic E-state index is 12.1. The van der Waals surface area contributed by atoms with E-state index in [1.165, 1.54) is 48.8 Å². The number of hydrogen-bond acceptors (Lipinski definition) is 6. The quantitative estimate of drug-likeness (QED) is 0.813. The van der Waals surface area contributed by atoms with Crippen molar-refractivity contribution >= 4 is 34.0 Å². The van der Waals surface area contributed by atoms with Crippen molar-refractivity contribution in [3.8, 4) is 6.07 Å². The van der Waals surface area contributed by atoms with Gasteiger partial charge in [0.1, 0.15) is 16.9 Å². The van der Waals surface area contributed by atoms with E-state index in [1.807, 2.05) is 0 Å². The molecule has 0 saturated heterocycles. The van der Waals surface area contributed by atoms with E-state index >= 15 is 0 Å². The highest BCUT2D eigenvalue weighted by Crippen LogP contribution is 2.45. The van der Waals surface area contributed by atoms with E-state index in [4.69, 9.17) is 5.26 Å². The van der Waals surface area contributed by atoms with Crippen LogP contribution < -0.4 is 5.32 Å². The smallest absolute Gasteiger partial charge is 0.235 e. The summed E-state index contributed by atoms with van der Waals surface area (Å²) < 4.78 is 2.24. The number of anilines is 1. The Hall–Kier alpha value is -1.85. The van der Waals surface area contributed by atoms with Crippen LogP contribution in [0.4, 0.5) is 5.00 Å². The van der Waals surface area contributed by atoms with Gasteiger partial charge in [-0.15, -0.1) is 21.5 Å². The molecule has 6 nitrogen and oxygen atoms in total. The van der Waals surface area contributed by atoms with Gasteiger partial charge in [0.15, 0.2) is 5.16 Å². The van der Waals surface area contributed by atoms with Crippen molar-refractivity contribution in [3.05, 3.63) is 22.8 Å². The molecule has 0 aliphatic heterocycles. The molecule has 118 valence electrons. The maximum Gasteiger partial charge on any atom is 0.235 e. The minimum Gasteiger partial charge on any atom is -0.316 e. The summed E-state index contributed by atoms with van der Waals surface area (Å²) in [6.07, 6.45) is 4.76. The minimum absolute atomic E-state index is 0.118. The van der Waals surface area contributed by atoms with Gasteiger partial charge in [0, 0.05) is 12.0 Å². The van der Waals surface area contributed by atoms with Gasteiger partial charge in [-0.3, -0.25) is 4.79 Å². The van der Waals surface area contributed by atoms with Crippen LogP contribution in [-0.4, -0.2) is 26.4 Å². The Morgan fingerprint density at radius 1 is 1.43 bits per heavy atom. The summed E-state index contributed by atoms with van der Waals surface area (Å²) in [5, 5.41) is 23.6. The molecule has 2 aliphatic rings. The van der Waals surface area contributed by atoms with Gasteiger partial charge in [-0.1, -0.05) is 11.8 Å². The van der Waals surface area contributed by atoms with Crippen molar-refractivity contribution in [2.24, 2.45) is 0 Å². The minimum atomic E-state index is -0.118. The molecular formula is C15H15N5OS2. The maximum atomic E-state index is 12.1. The van der Waals surface area contributed by atoms with Crippen LogP contribution in [0, 0.1) is 11.3 Å². The van der Waals surface area contributed by atoms with E-state index in [0.29, 0.717) is 22.5 Å². The zero-order chi connectivity index (χ0) is 15.8. The summed E-state index contributed by atoms with van der Waals surface area (Å²) in [7, 11) is 0. The highest BCUT2D eigenvalue weighted by Gasteiger charge is 2.36. The average molecular weight is 345 g/mol. The topological polar surface area (TPSA) is 83.6 Å². The molecule has 1 N–H and O–H groups in total. The summed E-state index contributed by atoms with van der Waals surface area (Å²) in [6.45, 7) is 0. The zero-order valence-corrected chi connectivity index (χ0v) is 14.0. The molecule has 2 aromatic heterocycles. The predicted octanol–water partition coefficient (Wildman–Crippen LogP) is 3.15. The summed E-state index contributed by atoms with van der Waals surface area (Å²) in [5.41, 5.74) is 0.505. The fourth-order valence-electron chi connectivity index (χ4n) is 2.47. The molecule has 0 spiro atoms. The summed E-state index contributed by atoms with van der Waals surface area (Å²) in [6, 6.07) is 4.30. The third-order valence-electron chi connectivity index (χ3n) is 3.92. The number of carbonyl (C=O) groups is 1. The lowest BCUT2D eigenvalue weighted by molar-refractivity contribution is -0.113. The van der Waals surface area contributed by atoms with Crippen LogP contribution in [0.1, 0.15) is 49.0 Å². The molecule has 0 atom stereocenters. The number of nitriles is 1. The highest BCUT2D eigenvalue weighted by atomic mass is 32.2. The third kappa shape index (κ3) is 3.12. The Morgan fingerprint density at radius 3 is 2.96 bits per heavy atom. The number of rotatable bonds is 6. The zero-order valence-electron chi connectivity index (χ0n) is 12.4. The molecular weight excluding hydrogens is 330 g/mol. The van der Waals surface area contributed by atoms with Gasteiger partial charge in [0.2, 0.25) is 5.91 Å². The van der Waals surface area contributed by atoms with Crippen LogP contribution in [0.5, 0.6) is 0 Å². The molecule has 0 radical (unpaired) electrons. The van der Waals surface area contributed by atoms with E-state index in [-0.39, 0.29) is 11.7 Å². The first-order valence-electron chi connectivity index (χ1n) is 7.61. The number of nitrogens with one attached hydrogen (secondary N) is 1. The standard InChI is InChI=1S/C15H15N5OS2/c16-7-10-5-6-22-14(10)17-12(21)8-23-15-19-18-13(9-1-2-9)20(15)11-3-4-11/h5-6,9,11H,1-4,8H2,(H,17,21). The number of amides is 1. The fraction of sp³-hybridized carbons (Fsp3) is 0.467. The lowest BCUT2D eigenvalue weighted by atomic mass is 10.3. The second-order valence-electron chi connectivity index (χ2n) is 5.83. The van der Waals surface area contributed by atoms with Crippen molar-refractivity contribution in [1.29, 1.82) is 5.26 Å². The van der Waals surface area contributed by atoms with Crippen LogP contribution in [0.2, 0.25) is 0 Å². The van der Waals surface area contributed by atoms with Gasteiger partial charge in [-0.25, -0.2) is 0 Å². The van der Waals surface area contributed by atoms with Crippen molar-refractivity contribution < 1.29 is 4.79 Å². The molecule has 0 aromatic carbocycles. The van der Waals surface area contributed by atoms with Gasteiger partial charge in [0.25, 0.3) is 0 Å². The van der Waals surface area contributed by atoms with E-state index in [1.54, 1.807) is 11.4 Å². The van der Waals surface area contributed by atoms with Gasteiger partial charge in [-0.05, 0) is 37.1 Å². The van der Waals surface area contributed by atoms with Crippen LogP contribution in [0.3, 0.4) is 0 Å². The third-order valence-corrected chi connectivity index (χ3v) is 5.69. The molecule has 8 heteroatoms. The first-order valence-corrected chi connectivity index (χ1v) is 9.48. The summed E-state index contributed by atoms with van der Waals surface area (Å²) in [5.74, 6) is 1.82. The molecule has 2 fully saturated rings. The van der Waals surface area contributed by atoms with Gasteiger partial charge in [-0.2, -0.15) is 5.26 Å². The Labute approximate surface area is 141 Å². The number of aromatic nitrogens is 3. The second kappa shape index (κ2) is 5.98. The number of carbonyl (C=O) groups excluding carboxylic acids is 1. The molecule has 0 unspecified atom stereocenters. The molecule has 2 aliphatic carbocycles. The average Bonchev–Trinajstić information content (AvgIpc) is 3.48. The van der Waals surface area contributed by atoms with E-state index in [2.05, 4.69) is 26.2 Å². The molecule has 2 saturated carbocycles. The monoisotopic (exact) mass is 345 g/mol. The number of thiophene rings is 1. The van der Waals surface area contributed by atoms with Crippen LogP contribution in [-0.2, 0) is 4.79 Å². The lowest BCUT2D eigenvalue weighted by Crippen LogP contribution is -2.14. The normalized spacial score (nSPS) is 17.0. The Balaban J connectivity index is 1.41. The number of nitrogens with zero attached hydrogens (tertiary/aromatic N) is 4. The van der Waals surface area contributed by atoms with Crippen LogP contribution in [0.25, 0.3) is 0 Å². The molecule has 2 heterocycles. The summed E-state index contributed by atoms with van der Waals surface area (Å²) >= 11 is 2.79. The van der Waals surface area contributed by atoms with Crippen molar-refractivity contribution in [3.63, 3.8) is 0 Å². The number of hydrogen-bond donors (Lipinski definition) is 1. The lowest BCUT2D eigenvalue weighted by Gasteiger charge is -2.08. The number of thioether (sulfide) groups is 1. The van der Waals surface area contributed by atoms with Crippen LogP contribution >= 0.6 is 23.1 Å². The first kappa shape index (κ1) is 14.7. The predicted molar refractivity (Wildman–Crippen MR) is 88.7 cm³/mol. The molecule has 0 bridgehead atoms. The van der Waals surface area contributed by atoms with Gasteiger partial charge >= 0.3 is 0 Å². The largest absolute Gasteiger partial charge is 0.316 e. The SMILES string of the molecule is N#Cc1ccsc1NC(=O)CSc1nnc(C2CC2)n1C1CC1. The molecule has 1 amide bonds. The van der Waals surface area contributed by atoms with Gasteiger partial charge in [0.05, 0.1) is 11.3 Å². The van der Waals surface area contributed by atoms with Crippen molar-refractivity contribution in [2.45, 2.75) is 42.8 Å². The Bertz CT molecular complexity index is 782. The Kier molecular flexibility index (Phi) is 3.83. The fourth-order valence-corrected chi connectivity index (χ4v) is 4.04.